The lowest BCUT2D eigenvalue weighted by Crippen LogP contribution is -2.16. The first-order chi connectivity index (χ1) is 19.8. The van der Waals surface area contributed by atoms with Crippen molar-refractivity contribution >= 4 is 40.0 Å². The number of nitrogens with zero attached hydrogens (tertiary/aromatic N) is 3. The summed E-state index contributed by atoms with van der Waals surface area (Å²) < 4.78 is 17.9. The van der Waals surface area contributed by atoms with Crippen molar-refractivity contribution in [1.82, 2.24) is 14.8 Å². The maximum Gasteiger partial charge on any atom is 0.341 e. The van der Waals surface area contributed by atoms with E-state index in [2.05, 4.69) is 35.9 Å². The Kier molecular flexibility index (Phi) is 10.2. The van der Waals surface area contributed by atoms with Gasteiger partial charge in [0.2, 0.25) is 5.91 Å². The third-order valence-corrected chi connectivity index (χ3v) is 7.75. The molecule has 0 aliphatic carbocycles. The van der Waals surface area contributed by atoms with E-state index < -0.39 is 5.97 Å². The van der Waals surface area contributed by atoms with E-state index in [0.717, 1.165) is 16.9 Å². The Bertz CT molecular complexity index is 1490. The number of ether oxygens (including phenoxy) is 3. The summed E-state index contributed by atoms with van der Waals surface area (Å²) in [5.41, 5.74) is 2.66. The number of benzene rings is 2. The van der Waals surface area contributed by atoms with E-state index in [1.807, 2.05) is 58.5 Å². The van der Waals surface area contributed by atoms with Crippen molar-refractivity contribution < 1.29 is 23.8 Å². The van der Waals surface area contributed by atoms with Crippen LogP contribution in [0.5, 0.6) is 11.5 Å². The third-order valence-electron chi connectivity index (χ3n) is 5.89. The van der Waals surface area contributed by atoms with Gasteiger partial charge in [0, 0.05) is 23.1 Å². The van der Waals surface area contributed by atoms with Crippen LogP contribution in [0.3, 0.4) is 0 Å². The summed E-state index contributed by atoms with van der Waals surface area (Å²) in [6.07, 6.45) is 1.76. The van der Waals surface area contributed by atoms with E-state index in [1.54, 1.807) is 13.2 Å². The number of carbonyl (C=O) groups is 2. The number of anilines is 1. The van der Waals surface area contributed by atoms with Gasteiger partial charge in [-0.2, -0.15) is 0 Å². The molecule has 9 nitrogen and oxygen atoms in total. The Labute approximate surface area is 247 Å². The van der Waals surface area contributed by atoms with Gasteiger partial charge in [-0.3, -0.25) is 9.36 Å². The molecule has 0 spiro atoms. The largest absolute Gasteiger partial charge is 0.497 e. The van der Waals surface area contributed by atoms with Gasteiger partial charge in [-0.05, 0) is 47.9 Å². The lowest BCUT2D eigenvalue weighted by molar-refractivity contribution is -0.113. The Balaban J connectivity index is 1.47. The molecule has 0 aliphatic heterocycles. The van der Waals surface area contributed by atoms with E-state index in [4.69, 9.17) is 14.2 Å². The average molecular weight is 593 g/mol. The molecule has 0 aliphatic rings. The number of hydrogen-bond donors (Lipinski definition) is 1. The van der Waals surface area contributed by atoms with Crippen molar-refractivity contribution in [2.24, 2.45) is 5.92 Å². The van der Waals surface area contributed by atoms with E-state index in [1.165, 1.54) is 30.2 Å². The van der Waals surface area contributed by atoms with Crippen LogP contribution in [0.25, 0.3) is 22.5 Å². The fraction of sp³-hybridized carbons (Fsp3) is 0.267. The number of methoxy groups -OCH3 is 2. The van der Waals surface area contributed by atoms with Gasteiger partial charge in [0.15, 0.2) is 11.0 Å². The first-order valence-electron chi connectivity index (χ1n) is 12.9. The van der Waals surface area contributed by atoms with Gasteiger partial charge in [-0.1, -0.05) is 43.8 Å². The van der Waals surface area contributed by atoms with Crippen LogP contribution in [-0.4, -0.2) is 53.2 Å². The monoisotopic (exact) mass is 592 g/mol. The smallest absolute Gasteiger partial charge is 0.341 e. The maximum absolute atomic E-state index is 13.0. The molecule has 4 aromatic rings. The molecule has 1 N–H and O–H groups in total. The van der Waals surface area contributed by atoms with Gasteiger partial charge in [-0.15, -0.1) is 28.1 Å². The van der Waals surface area contributed by atoms with E-state index >= 15 is 0 Å². The molecule has 2 aromatic heterocycles. The van der Waals surface area contributed by atoms with E-state index in [9.17, 15) is 9.59 Å². The minimum absolute atomic E-state index is 0.0631. The first kappa shape index (κ1) is 29.9. The molecule has 41 heavy (non-hydrogen) atoms. The zero-order valence-electron chi connectivity index (χ0n) is 23.4. The Morgan fingerprint density at radius 2 is 1.73 bits per heavy atom. The quantitative estimate of drug-likeness (QED) is 0.108. The van der Waals surface area contributed by atoms with E-state index in [-0.39, 0.29) is 11.7 Å². The molecule has 0 saturated carbocycles. The van der Waals surface area contributed by atoms with Crippen LogP contribution in [0.4, 0.5) is 5.00 Å². The Morgan fingerprint density at radius 3 is 2.37 bits per heavy atom. The van der Waals surface area contributed by atoms with Gasteiger partial charge in [0.25, 0.3) is 0 Å². The average Bonchev–Trinajstić information content (AvgIpc) is 3.59. The summed E-state index contributed by atoms with van der Waals surface area (Å²) in [7, 11) is 2.91. The van der Waals surface area contributed by atoms with Crippen LogP contribution in [0.15, 0.2) is 71.7 Å². The Hall–Kier alpha value is -4.09. The number of aromatic nitrogens is 3. The zero-order chi connectivity index (χ0) is 29.4. The SMILES string of the molecule is C=CCn1c(SCC(=O)Nc2scc(-c3ccc(OC)cc3)c2C(=O)OC)nnc1-c1ccc(OCC(C)C)cc1. The van der Waals surface area contributed by atoms with Crippen molar-refractivity contribution in [3.63, 3.8) is 0 Å². The van der Waals surface area contributed by atoms with Crippen molar-refractivity contribution in [3.8, 4) is 34.0 Å². The molecule has 0 saturated heterocycles. The summed E-state index contributed by atoms with van der Waals surface area (Å²) in [4.78, 5) is 25.7. The normalized spacial score (nSPS) is 10.9. The van der Waals surface area contributed by atoms with Crippen LogP contribution in [0.1, 0.15) is 24.2 Å². The minimum atomic E-state index is -0.531. The molecule has 0 fully saturated rings. The first-order valence-corrected chi connectivity index (χ1v) is 14.7. The second-order valence-corrected chi connectivity index (χ2v) is 11.2. The van der Waals surface area contributed by atoms with Crippen molar-refractivity contribution in [3.05, 3.63) is 72.1 Å². The van der Waals surface area contributed by atoms with Crippen LogP contribution in [-0.2, 0) is 16.1 Å². The van der Waals surface area contributed by atoms with Crippen molar-refractivity contribution in [2.75, 3.05) is 31.9 Å². The molecule has 2 aromatic carbocycles. The van der Waals surface area contributed by atoms with E-state index in [0.29, 0.717) is 51.9 Å². The van der Waals surface area contributed by atoms with Crippen molar-refractivity contribution in [2.45, 2.75) is 25.5 Å². The number of thioether (sulfide) groups is 1. The summed E-state index contributed by atoms with van der Waals surface area (Å²) in [5.74, 6) is 1.84. The highest BCUT2D eigenvalue weighted by Gasteiger charge is 2.23. The number of thiophene rings is 1. The number of hydrogen-bond acceptors (Lipinski definition) is 9. The molecule has 0 bridgehead atoms. The molecule has 214 valence electrons. The number of esters is 1. The highest BCUT2D eigenvalue weighted by atomic mass is 32.2. The highest BCUT2D eigenvalue weighted by molar-refractivity contribution is 7.99. The predicted molar refractivity (Wildman–Crippen MR) is 163 cm³/mol. The molecule has 1 amide bonds. The third kappa shape index (κ3) is 7.36. The minimum Gasteiger partial charge on any atom is -0.497 e. The fourth-order valence-corrected chi connectivity index (χ4v) is 5.62. The number of amides is 1. The van der Waals surface area contributed by atoms with Crippen LogP contribution in [0, 0.1) is 5.92 Å². The van der Waals surface area contributed by atoms with Crippen molar-refractivity contribution in [1.29, 1.82) is 0 Å². The lowest BCUT2D eigenvalue weighted by Gasteiger charge is -2.10. The van der Waals surface area contributed by atoms with Gasteiger partial charge >= 0.3 is 5.97 Å². The molecule has 0 unspecified atom stereocenters. The standard InChI is InChI=1S/C30H32N4O5S2/c1-6-15-34-27(21-9-13-23(14-10-21)39-16-19(2)3)32-33-30(34)41-18-25(35)31-28-26(29(36)38-5)24(17-40-28)20-7-11-22(37-4)12-8-20/h6-14,17,19H,1,15-16,18H2,2-5H3,(H,31,35). The number of nitrogens with one attached hydrogen (secondary N) is 1. The molecule has 0 radical (unpaired) electrons. The summed E-state index contributed by atoms with van der Waals surface area (Å²) in [6, 6.07) is 15.0. The topological polar surface area (TPSA) is 105 Å². The molecule has 4 rings (SSSR count). The highest BCUT2D eigenvalue weighted by Crippen LogP contribution is 2.37. The predicted octanol–water partition coefficient (Wildman–Crippen LogP) is 6.42. The number of rotatable bonds is 13. The summed E-state index contributed by atoms with van der Waals surface area (Å²) in [6.45, 7) is 9.17. The molecular formula is C30H32N4O5S2. The van der Waals surface area contributed by atoms with Crippen LogP contribution >= 0.6 is 23.1 Å². The molecule has 0 atom stereocenters. The molecule has 11 heteroatoms. The van der Waals surface area contributed by atoms with Gasteiger partial charge in [0.1, 0.15) is 22.1 Å². The van der Waals surface area contributed by atoms with Crippen LogP contribution in [0.2, 0.25) is 0 Å². The molecule has 2 heterocycles. The maximum atomic E-state index is 13.0. The summed E-state index contributed by atoms with van der Waals surface area (Å²) >= 11 is 2.51. The number of allylic oxidation sites excluding steroid dienone is 1. The van der Waals surface area contributed by atoms with Gasteiger partial charge in [-0.25, -0.2) is 4.79 Å². The zero-order valence-corrected chi connectivity index (χ0v) is 25.0. The number of carbonyl (C=O) groups excluding carboxylic acids is 2. The second-order valence-electron chi connectivity index (χ2n) is 9.35. The van der Waals surface area contributed by atoms with Crippen LogP contribution < -0.4 is 14.8 Å². The lowest BCUT2D eigenvalue weighted by atomic mass is 10.0. The molecular weight excluding hydrogens is 560 g/mol. The fourth-order valence-electron chi connectivity index (χ4n) is 3.90. The summed E-state index contributed by atoms with van der Waals surface area (Å²) in [5, 5.41) is 14.4. The second kappa shape index (κ2) is 14.0. The van der Waals surface area contributed by atoms with Gasteiger partial charge < -0.3 is 19.5 Å². The Morgan fingerprint density at radius 1 is 1.05 bits per heavy atom. The van der Waals surface area contributed by atoms with Gasteiger partial charge in [0.05, 0.1) is 26.6 Å².